The Labute approximate surface area is 59.6 Å². The van der Waals surface area contributed by atoms with Crippen molar-refractivity contribution in [2.75, 3.05) is 0 Å². The highest BCUT2D eigenvalue weighted by atomic mass is 16.5. The van der Waals surface area contributed by atoms with Crippen LogP contribution in [-0.2, 0) is 4.74 Å². The summed E-state index contributed by atoms with van der Waals surface area (Å²) in [6, 6.07) is 0. The molecule has 0 amide bonds. The third-order valence-corrected chi connectivity index (χ3v) is 1.74. The van der Waals surface area contributed by atoms with Gasteiger partial charge in [0.15, 0.2) is 0 Å². The molecule has 1 aliphatic rings. The molecule has 1 rings (SSSR count). The maximum absolute atomic E-state index is 9.13. The van der Waals surface area contributed by atoms with Crippen LogP contribution in [0.3, 0.4) is 0 Å². The lowest BCUT2D eigenvalue weighted by Crippen LogP contribution is -2.49. The number of rotatable bonds is 0. The lowest BCUT2D eigenvalue weighted by atomic mass is 10.0. The molecule has 0 bridgehead atoms. The molecule has 1 fully saturated rings. The van der Waals surface area contributed by atoms with Gasteiger partial charge in [-0.2, -0.15) is 0 Å². The van der Waals surface area contributed by atoms with Crippen LogP contribution in [0.4, 0.5) is 0 Å². The van der Waals surface area contributed by atoms with Gasteiger partial charge in [-0.25, -0.2) is 0 Å². The summed E-state index contributed by atoms with van der Waals surface area (Å²) in [4.78, 5) is 0. The standard InChI is InChI=1S/C6H13NO3/c1-3-6(9)4(8)2-5(7)10-3/h3-6,8-9H,2,7H2,1H3. The summed E-state index contributed by atoms with van der Waals surface area (Å²) in [5, 5.41) is 18.2. The van der Waals surface area contributed by atoms with Gasteiger partial charge in [0.1, 0.15) is 12.3 Å². The van der Waals surface area contributed by atoms with Crippen molar-refractivity contribution in [3.63, 3.8) is 0 Å². The summed E-state index contributed by atoms with van der Waals surface area (Å²) >= 11 is 0. The highest BCUT2D eigenvalue weighted by Gasteiger charge is 2.31. The minimum Gasteiger partial charge on any atom is -0.390 e. The molecule has 0 aromatic rings. The highest BCUT2D eigenvalue weighted by Crippen LogP contribution is 2.16. The average Bonchev–Trinajstić information content (AvgIpc) is 1.82. The molecule has 10 heavy (non-hydrogen) atoms. The molecule has 0 spiro atoms. The van der Waals surface area contributed by atoms with Crippen molar-refractivity contribution in [3.8, 4) is 0 Å². The van der Waals surface area contributed by atoms with Crippen LogP contribution in [0.15, 0.2) is 0 Å². The molecule has 1 heterocycles. The summed E-state index contributed by atoms with van der Waals surface area (Å²) in [6.07, 6.45) is -2.02. The van der Waals surface area contributed by atoms with Gasteiger partial charge in [-0.3, -0.25) is 0 Å². The topological polar surface area (TPSA) is 75.7 Å². The normalized spacial score (nSPS) is 49.2. The molecule has 1 saturated heterocycles. The molecule has 60 valence electrons. The Morgan fingerprint density at radius 1 is 1.50 bits per heavy atom. The smallest absolute Gasteiger partial charge is 0.108 e. The van der Waals surface area contributed by atoms with Crippen molar-refractivity contribution in [2.45, 2.75) is 37.9 Å². The fourth-order valence-electron chi connectivity index (χ4n) is 1.10. The molecule has 4 nitrogen and oxygen atoms in total. The van der Waals surface area contributed by atoms with Crippen LogP contribution in [0.1, 0.15) is 13.3 Å². The summed E-state index contributed by atoms with van der Waals surface area (Å²) in [7, 11) is 0. The number of aliphatic hydroxyl groups is 2. The second-order valence-corrected chi connectivity index (χ2v) is 2.67. The van der Waals surface area contributed by atoms with E-state index in [9.17, 15) is 0 Å². The zero-order valence-electron chi connectivity index (χ0n) is 5.90. The van der Waals surface area contributed by atoms with Crippen molar-refractivity contribution in [1.29, 1.82) is 0 Å². The van der Waals surface area contributed by atoms with E-state index in [4.69, 9.17) is 20.7 Å². The molecule has 4 heteroatoms. The maximum atomic E-state index is 9.13. The number of ether oxygens (including phenoxy) is 1. The molecule has 0 aliphatic carbocycles. The van der Waals surface area contributed by atoms with Gasteiger partial charge in [0.2, 0.25) is 0 Å². The minimum absolute atomic E-state index is 0.311. The monoisotopic (exact) mass is 147 g/mol. The lowest BCUT2D eigenvalue weighted by molar-refractivity contribution is -0.159. The summed E-state index contributed by atoms with van der Waals surface area (Å²) in [5.41, 5.74) is 5.38. The van der Waals surface area contributed by atoms with E-state index < -0.39 is 18.4 Å². The van der Waals surface area contributed by atoms with Gasteiger partial charge >= 0.3 is 0 Å². The third kappa shape index (κ3) is 1.46. The first-order valence-corrected chi connectivity index (χ1v) is 3.38. The van der Waals surface area contributed by atoms with Gasteiger partial charge in [-0.1, -0.05) is 0 Å². The molecule has 0 saturated carbocycles. The van der Waals surface area contributed by atoms with E-state index in [-0.39, 0.29) is 6.10 Å². The Kier molecular flexibility index (Phi) is 2.25. The maximum Gasteiger partial charge on any atom is 0.108 e. The Balaban J connectivity index is 2.49. The fourth-order valence-corrected chi connectivity index (χ4v) is 1.10. The predicted octanol–water partition coefficient (Wildman–Crippen LogP) is -1.20. The van der Waals surface area contributed by atoms with E-state index >= 15 is 0 Å². The molecular formula is C6H13NO3. The van der Waals surface area contributed by atoms with E-state index in [0.29, 0.717) is 6.42 Å². The van der Waals surface area contributed by atoms with Crippen LogP contribution >= 0.6 is 0 Å². The van der Waals surface area contributed by atoms with Gasteiger partial charge < -0.3 is 20.7 Å². The second kappa shape index (κ2) is 2.84. The van der Waals surface area contributed by atoms with E-state index in [2.05, 4.69) is 0 Å². The van der Waals surface area contributed by atoms with Crippen molar-refractivity contribution in [2.24, 2.45) is 5.73 Å². The fraction of sp³-hybridized carbons (Fsp3) is 1.00. The van der Waals surface area contributed by atoms with Crippen molar-refractivity contribution in [1.82, 2.24) is 0 Å². The van der Waals surface area contributed by atoms with Crippen LogP contribution in [0, 0.1) is 0 Å². The summed E-state index contributed by atoms with van der Waals surface area (Å²) < 4.78 is 5.04. The molecule has 0 radical (unpaired) electrons. The van der Waals surface area contributed by atoms with Crippen molar-refractivity contribution in [3.05, 3.63) is 0 Å². The van der Waals surface area contributed by atoms with E-state index in [1.165, 1.54) is 0 Å². The van der Waals surface area contributed by atoms with Crippen LogP contribution in [0.25, 0.3) is 0 Å². The first-order chi connectivity index (χ1) is 4.61. The molecule has 4 atom stereocenters. The molecule has 4 unspecified atom stereocenters. The van der Waals surface area contributed by atoms with Crippen LogP contribution in [0.2, 0.25) is 0 Å². The predicted molar refractivity (Wildman–Crippen MR) is 35.2 cm³/mol. The van der Waals surface area contributed by atoms with Gasteiger partial charge in [-0.15, -0.1) is 0 Å². The minimum atomic E-state index is -0.792. The van der Waals surface area contributed by atoms with Gasteiger partial charge in [0.25, 0.3) is 0 Å². The van der Waals surface area contributed by atoms with Crippen LogP contribution in [0.5, 0.6) is 0 Å². The summed E-state index contributed by atoms with van der Waals surface area (Å²) in [5.74, 6) is 0. The average molecular weight is 147 g/mol. The van der Waals surface area contributed by atoms with Crippen LogP contribution in [-0.4, -0.2) is 34.8 Å². The number of hydrogen-bond acceptors (Lipinski definition) is 4. The Bertz CT molecular complexity index is 108. The second-order valence-electron chi connectivity index (χ2n) is 2.67. The van der Waals surface area contributed by atoms with Gasteiger partial charge in [0.05, 0.1) is 12.2 Å². The zero-order valence-corrected chi connectivity index (χ0v) is 5.90. The van der Waals surface area contributed by atoms with Gasteiger partial charge in [0, 0.05) is 6.42 Å². The summed E-state index contributed by atoms with van der Waals surface area (Å²) in [6.45, 7) is 1.69. The SMILES string of the molecule is CC1OC(N)CC(O)C1O. The quantitative estimate of drug-likeness (QED) is 0.402. The number of hydrogen-bond donors (Lipinski definition) is 3. The van der Waals surface area contributed by atoms with E-state index in [1.54, 1.807) is 6.92 Å². The number of aliphatic hydroxyl groups excluding tert-OH is 2. The lowest BCUT2D eigenvalue weighted by Gasteiger charge is -2.33. The first-order valence-electron chi connectivity index (χ1n) is 3.38. The molecule has 0 aromatic carbocycles. The highest BCUT2D eigenvalue weighted by molar-refractivity contribution is 4.80. The zero-order chi connectivity index (χ0) is 7.72. The first kappa shape index (κ1) is 7.94. The van der Waals surface area contributed by atoms with E-state index in [1.807, 2.05) is 0 Å². The Morgan fingerprint density at radius 2 is 2.10 bits per heavy atom. The number of nitrogens with two attached hydrogens (primary N) is 1. The van der Waals surface area contributed by atoms with Crippen molar-refractivity contribution < 1.29 is 14.9 Å². The largest absolute Gasteiger partial charge is 0.390 e. The molecule has 1 aliphatic heterocycles. The van der Waals surface area contributed by atoms with Crippen molar-refractivity contribution >= 4 is 0 Å². The molecule has 4 N–H and O–H groups in total. The Hall–Kier alpha value is -0.160. The third-order valence-electron chi connectivity index (χ3n) is 1.74. The molecule has 0 aromatic heterocycles. The molecular weight excluding hydrogens is 134 g/mol. The van der Waals surface area contributed by atoms with E-state index in [0.717, 1.165) is 0 Å². The van der Waals surface area contributed by atoms with Gasteiger partial charge in [-0.05, 0) is 6.92 Å². The Morgan fingerprint density at radius 3 is 2.60 bits per heavy atom. The van der Waals surface area contributed by atoms with Crippen LogP contribution < -0.4 is 5.73 Å².